The predicted molar refractivity (Wildman–Crippen MR) is 111 cm³/mol. The van der Waals surface area contributed by atoms with Crippen LogP contribution in [0.2, 0.25) is 5.02 Å². The lowest BCUT2D eigenvalue weighted by Crippen LogP contribution is -2.31. The molecule has 0 unspecified atom stereocenters. The van der Waals surface area contributed by atoms with Crippen molar-refractivity contribution < 1.29 is 4.79 Å². The second-order valence-electron chi connectivity index (χ2n) is 6.48. The Morgan fingerprint density at radius 2 is 1.75 bits per heavy atom. The fourth-order valence-electron chi connectivity index (χ4n) is 2.87. The maximum Gasteiger partial charge on any atom is 0.266 e. The zero-order valence-corrected chi connectivity index (χ0v) is 16.2. The lowest BCUT2D eigenvalue weighted by Gasteiger charge is -2.09. The highest BCUT2D eigenvalue weighted by atomic mass is 35.5. The van der Waals surface area contributed by atoms with Crippen LogP contribution in [-0.2, 0) is 17.8 Å². The molecule has 5 nitrogen and oxygen atoms in total. The summed E-state index contributed by atoms with van der Waals surface area (Å²) in [5.41, 5.74) is 2.59. The molecule has 3 aromatic rings. The minimum absolute atomic E-state index is 0.0159. The normalized spacial score (nSPS) is 10.6. The summed E-state index contributed by atoms with van der Waals surface area (Å²) in [6.45, 7) is 0.686. The summed E-state index contributed by atoms with van der Waals surface area (Å²) in [5.74, 6) is -0.0159. The van der Waals surface area contributed by atoms with E-state index in [1.807, 2.05) is 30.3 Å². The van der Waals surface area contributed by atoms with Gasteiger partial charge in [0, 0.05) is 29.6 Å². The molecule has 144 valence electrons. The number of hydrogen-bond acceptors (Lipinski definition) is 3. The number of aromatic nitrogens is 2. The van der Waals surface area contributed by atoms with Gasteiger partial charge in [0.2, 0.25) is 5.91 Å². The molecule has 2 aromatic carbocycles. The first-order valence-corrected chi connectivity index (χ1v) is 9.64. The Balaban J connectivity index is 1.48. The molecule has 6 heteroatoms. The van der Waals surface area contributed by atoms with E-state index in [2.05, 4.69) is 22.5 Å². The number of rotatable bonds is 8. The van der Waals surface area contributed by atoms with Crippen molar-refractivity contribution in [3.8, 4) is 11.3 Å². The van der Waals surface area contributed by atoms with Crippen molar-refractivity contribution in [3.63, 3.8) is 0 Å². The first-order chi connectivity index (χ1) is 13.6. The summed E-state index contributed by atoms with van der Waals surface area (Å²) in [4.78, 5) is 24.0. The number of benzene rings is 2. The van der Waals surface area contributed by atoms with Crippen LogP contribution in [0.3, 0.4) is 0 Å². The molecule has 0 atom stereocenters. The summed E-state index contributed by atoms with van der Waals surface area (Å²) in [6, 6.07) is 20.5. The fourth-order valence-corrected chi connectivity index (χ4v) is 3.00. The van der Waals surface area contributed by atoms with Crippen LogP contribution in [-0.4, -0.2) is 22.2 Å². The highest BCUT2D eigenvalue weighted by molar-refractivity contribution is 6.30. The van der Waals surface area contributed by atoms with Crippen LogP contribution >= 0.6 is 11.6 Å². The fraction of sp³-hybridized carbons (Fsp3) is 0.227. The molecule has 0 bridgehead atoms. The van der Waals surface area contributed by atoms with Gasteiger partial charge in [-0.25, -0.2) is 4.68 Å². The van der Waals surface area contributed by atoms with Gasteiger partial charge in [-0.1, -0.05) is 54.1 Å². The highest BCUT2D eigenvalue weighted by Crippen LogP contribution is 2.18. The molecule has 1 amide bonds. The van der Waals surface area contributed by atoms with Gasteiger partial charge in [-0.3, -0.25) is 9.59 Å². The van der Waals surface area contributed by atoms with E-state index in [4.69, 9.17) is 11.6 Å². The largest absolute Gasteiger partial charge is 0.354 e. The maximum absolute atomic E-state index is 12.0. The van der Waals surface area contributed by atoms with Crippen molar-refractivity contribution >= 4 is 17.5 Å². The quantitative estimate of drug-likeness (QED) is 0.632. The number of nitrogens with zero attached hydrogens (tertiary/aromatic N) is 2. The van der Waals surface area contributed by atoms with E-state index in [0.717, 1.165) is 18.4 Å². The van der Waals surface area contributed by atoms with E-state index in [9.17, 15) is 9.59 Å². The summed E-state index contributed by atoms with van der Waals surface area (Å²) in [6.07, 6.45) is 2.13. The summed E-state index contributed by atoms with van der Waals surface area (Å²) in [7, 11) is 0. The Kier molecular flexibility index (Phi) is 6.98. The summed E-state index contributed by atoms with van der Waals surface area (Å²) in [5, 5.41) is 7.88. The number of amides is 1. The van der Waals surface area contributed by atoms with Crippen molar-refractivity contribution in [2.24, 2.45) is 0 Å². The second kappa shape index (κ2) is 9.85. The van der Waals surface area contributed by atoms with Crippen molar-refractivity contribution in [1.82, 2.24) is 15.1 Å². The molecule has 3 rings (SSSR count). The monoisotopic (exact) mass is 395 g/mol. The standard InChI is InChI=1S/C22H22ClN3O2/c23-19-11-9-18(10-12-19)20-13-14-22(28)26(25-20)16-15-24-21(27)8-4-7-17-5-2-1-3-6-17/h1-3,5-6,9-14H,4,7-8,15-16H2,(H,24,27). The van der Waals surface area contributed by atoms with Crippen molar-refractivity contribution in [1.29, 1.82) is 0 Å². The molecule has 0 saturated heterocycles. The van der Waals surface area contributed by atoms with Crippen LogP contribution < -0.4 is 10.9 Å². The van der Waals surface area contributed by atoms with Gasteiger partial charge in [-0.2, -0.15) is 5.10 Å². The van der Waals surface area contributed by atoms with E-state index < -0.39 is 0 Å². The van der Waals surface area contributed by atoms with Crippen LogP contribution in [0, 0.1) is 0 Å². The molecule has 0 aliphatic carbocycles. The topological polar surface area (TPSA) is 64.0 Å². The average molecular weight is 396 g/mol. The first kappa shape index (κ1) is 19.8. The van der Waals surface area contributed by atoms with Crippen LogP contribution in [0.1, 0.15) is 18.4 Å². The maximum atomic E-state index is 12.0. The number of aryl methyl sites for hydroxylation is 1. The lowest BCUT2D eigenvalue weighted by atomic mass is 10.1. The van der Waals surface area contributed by atoms with Gasteiger partial charge < -0.3 is 5.32 Å². The van der Waals surface area contributed by atoms with Crippen molar-refractivity contribution in [2.45, 2.75) is 25.8 Å². The average Bonchev–Trinajstić information content (AvgIpc) is 2.71. The lowest BCUT2D eigenvalue weighted by molar-refractivity contribution is -0.121. The third-order valence-electron chi connectivity index (χ3n) is 4.36. The number of nitrogens with one attached hydrogen (secondary N) is 1. The number of hydrogen-bond donors (Lipinski definition) is 1. The molecular weight excluding hydrogens is 374 g/mol. The van der Waals surface area contributed by atoms with Crippen LogP contribution in [0.4, 0.5) is 0 Å². The molecule has 28 heavy (non-hydrogen) atoms. The van der Waals surface area contributed by atoms with E-state index in [0.29, 0.717) is 30.2 Å². The first-order valence-electron chi connectivity index (χ1n) is 9.26. The Morgan fingerprint density at radius 1 is 1.00 bits per heavy atom. The van der Waals surface area contributed by atoms with Gasteiger partial charge in [0.05, 0.1) is 12.2 Å². The zero-order chi connectivity index (χ0) is 19.8. The van der Waals surface area contributed by atoms with Crippen molar-refractivity contribution in [3.05, 3.63) is 87.7 Å². The van der Waals surface area contributed by atoms with Gasteiger partial charge in [0.15, 0.2) is 0 Å². The van der Waals surface area contributed by atoms with Crippen LogP contribution in [0.15, 0.2) is 71.5 Å². The minimum atomic E-state index is -0.198. The zero-order valence-electron chi connectivity index (χ0n) is 15.5. The molecule has 1 N–H and O–H groups in total. The number of carbonyl (C=O) groups excluding carboxylic acids is 1. The summed E-state index contributed by atoms with van der Waals surface area (Å²) >= 11 is 5.91. The predicted octanol–water partition coefficient (Wildman–Crippen LogP) is 3.70. The van der Waals surface area contributed by atoms with E-state index in [-0.39, 0.29) is 11.5 Å². The van der Waals surface area contributed by atoms with E-state index in [1.165, 1.54) is 16.3 Å². The molecule has 0 spiro atoms. The van der Waals surface area contributed by atoms with Crippen molar-refractivity contribution in [2.75, 3.05) is 6.54 Å². The van der Waals surface area contributed by atoms with Crippen LogP contribution in [0.5, 0.6) is 0 Å². The molecule has 0 fully saturated rings. The molecule has 0 aliphatic rings. The third kappa shape index (κ3) is 5.79. The van der Waals surface area contributed by atoms with E-state index >= 15 is 0 Å². The van der Waals surface area contributed by atoms with Crippen LogP contribution in [0.25, 0.3) is 11.3 Å². The molecule has 0 saturated carbocycles. The molecular formula is C22H22ClN3O2. The van der Waals surface area contributed by atoms with Gasteiger partial charge in [-0.15, -0.1) is 0 Å². The highest BCUT2D eigenvalue weighted by Gasteiger charge is 2.05. The minimum Gasteiger partial charge on any atom is -0.354 e. The Labute approximate surface area is 169 Å². The molecule has 1 aromatic heterocycles. The SMILES string of the molecule is O=C(CCCc1ccccc1)NCCn1nc(-c2ccc(Cl)cc2)ccc1=O. The number of carbonyl (C=O) groups is 1. The smallest absolute Gasteiger partial charge is 0.266 e. The summed E-state index contributed by atoms with van der Waals surface area (Å²) < 4.78 is 1.37. The molecule has 1 heterocycles. The van der Waals surface area contributed by atoms with Gasteiger partial charge in [0.1, 0.15) is 0 Å². The Morgan fingerprint density at radius 3 is 2.50 bits per heavy atom. The van der Waals surface area contributed by atoms with Gasteiger partial charge in [-0.05, 0) is 36.6 Å². The molecule has 0 radical (unpaired) electrons. The molecule has 0 aliphatic heterocycles. The van der Waals surface area contributed by atoms with E-state index in [1.54, 1.807) is 18.2 Å². The number of halogens is 1. The third-order valence-corrected chi connectivity index (χ3v) is 4.62. The Bertz CT molecular complexity index is 969. The van der Waals surface area contributed by atoms with Gasteiger partial charge in [0.25, 0.3) is 5.56 Å². The second-order valence-corrected chi connectivity index (χ2v) is 6.91. The Hall–Kier alpha value is -2.92. The van der Waals surface area contributed by atoms with Gasteiger partial charge >= 0.3 is 0 Å².